The van der Waals surface area contributed by atoms with Crippen molar-refractivity contribution in [1.82, 2.24) is 0 Å². The van der Waals surface area contributed by atoms with Gasteiger partial charge in [-0.2, -0.15) is 0 Å². The molecule has 1 rings (SSSR count). The van der Waals surface area contributed by atoms with Gasteiger partial charge in [0, 0.05) is 0 Å². The lowest BCUT2D eigenvalue weighted by atomic mass is 10.1. The Balaban J connectivity index is 2.45. The third-order valence-corrected chi connectivity index (χ3v) is 2.95. The van der Waals surface area contributed by atoms with Crippen molar-refractivity contribution in [3.05, 3.63) is 29.8 Å². The molecule has 0 bridgehead atoms. The SMILES string of the molecule is CCCOc1cccc(CC(=O)OCC(C)CC)c1. The number of hydrogen-bond acceptors (Lipinski definition) is 3. The monoisotopic (exact) mass is 264 g/mol. The Bertz CT molecular complexity index is 387. The van der Waals surface area contributed by atoms with Crippen LogP contribution in [0.5, 0.6) is 5.75 Å². The first-order valence-electron chi connectivity index (χ1n) is 7.03. The summed E-state index contributed by atoms with van der Waals surface area (Å²) in [6.07, 6.45) is 2.30. The Morgan fingerprint density at radius 2 is 2.11 bits per heavy atom. The average Bonchev–Trinajstić information content (AvgIpc) is 2.43. The van der Waals surface area contributed by atoms with Gasteiger partial charge in [-0.1, -0.05) is 39.3 Å². The summed E-state index contributed by atoms with van der Waals surface area (Å²) in [6, 6.07) is 7.63. The summed E-state index contributed by atoms with van der Waals surface area (Å²) in [7, 11) is 0. The van der Waals surface area contributed by atoms with Crippen LogP contribution in [0.15, 0.2) is 24.3 Å². The quantitative estimate of drug-likeness (QED) is 0.673. The first-order chi connectivity index (χ1) is 9.15. The van der Waals surface area contributed by atoms with Crippen LogP contribution in [-0.2, 0) is 16.0 Å². The molecule has 1 atom stereocenters. The Morgan fingerprint density at radius 3 is 2.79 bits per heavy atom. The van der Waals surface area contributed by atoms with Gasteiger partial charge < -0.3 is 9.47 Å². The summed E-state index contributed by atoms with van der Waals surface area (Å²) in [5.41, 5.74) is 0.933. The number of hydrogen-bond donors (Lipinski definition) is 0. The zero-order valence-electron chi connectivity index (χ0n) is 12.1. The number of benzene rings is 1. The number of ether oxygens (including phenoxy) is 2. The first-order valence-corrected chi connectivity index (χ1v) is 7.03. The third-order valence-electron chi connectivity index (χ3n) is 2.95. The van der Waals surface area contributed by atoms with Crippen LogP contribution in [0.3, 0.4) is 0 Å². The van der Waals surface area contributed by atoms with Crippen LogP contribution in [0.2, 0.25) is 0 Å². The standard InChI is InChI=1S/C16H24O3/c1-4-9-18-15-8-6-7-14(10-15)11-16(17)19-12-13(3)5-2/h6-8,10,13H,4-5,9,11-12H2,1-3H3. The molecule has 0 spiro atoms. The molecule has 0 saturated carbocycles. The maximum Gasteiger partial charge on any atom is 0.310 e. The van der Waals surface area contributed by atoms with Crippen LogP contribution in [0, 0.1) is 5.92 Å². The van der Waals surface area contributed by atoms with E-state index in [9.17, 15) is 4.79 Å². The molecule has 3 heteroatoms. The molecule has 0 aromatic heterocycles. The zero-order chi connectivity index (χ0) is 14.1. The molecule has 0 radical (unpaired) electrons. The van der Waals surface area contributed by atoms with E-state index in [-0.39, 0.29) is 5.97 Å². The fraction of sp³-hybridized carbons (Fsp3) is 0.562. The summed E-state index contributed by atoms with van der Waals surface area (Å²) in [5, 5.41) is 0. The van der Waals surface area contributed by atoms with E-state index < -0.39 is 0 Å². The highest BCUT2D eigenvalue weighted by Crippen LogP contribution is 2.14. The van der Waals surface area contributed by atoms with E-state index in [2.05, 4.69) is 20.8 Å². The maximum absolute atomic E-state index is 11.7. The van der Waals surface area contributed by atoms with E-state index in [1.807, 2.05) is 24.3 Å². The largest absolute Gasteiger partial charge is 0.494 e. The highest BCUT2D eigenvalue weighted by Gasteiger charge is 2.08. The van der Waals surface area contributed by atoms with Crippen molar-refractivity contribution in [3.63, 3.8) is 0 Å². The van der Waals surface area contributed by atoms with Crippen molar-refractivity contribution in [2.75, 3.05) is 13.2 Å². The van der Waals surface area contributed by atoms with Crippen LogP contribution in [0.1, 0.15) is 39.2 Å². The van der Waals surface area contributed by atoms with Crippen molar-refractivity contribution in [2.45, 2.75) is 40.0 Å². The molecule has 0 aliphatic rings. The van der Waals surface area contributed by atoms with Gasteiger partial charge in [0.25, 0.3) is 0 Å². The van der Waals surface area contributed by atoms with E-state index in [1.54, 1.807) is 0 Å². The highest BCUT2D eigenvalue weighted by atomic mass is 16.5. The Kier molecular flexibility index (Phi) is 7.01. The minimum atomic E-state index is -0.173. The second kappa shape index (κ2) is 8.57. The highest BCUT2D eigenvalue weighted by molar-refractivity contribution is 5.72. The Labute approximate surface area is 115 Å². The van der Waals surface area contributed by atoms with Crippen LogP contribution in [0.4, 0.5) is 0 Å². The molecular weight excluding hydrogens is 240 g/mol. The van der Waals surface area contributed by atoms with Crippen LogP contribution < -0.4 is 4.74 Å². The molecule has 1 aromatic rings. The van der Waals surface area contributed by atoms with Gasteiger partial charge in [-0.3, -0.25) is 4.79 Å². The number of esters is 1. The van der Waals surface area contributed by atoms with E-state index in [0.717, 1.165) is 24.2 Å². The van der Waals surface area contributed by atoms with Gasteiger partial charge in [0.2, 0.25) is 0 Å². The third kappa shape index (κ3) is 6.27. The molecular formula is C16H24O3. The van der Waals surface area contributed by atoms with Crippen molar-refractivity contribution in [3.8, 4) is 5.75 Å². The van der Waals surface area contributed by atoms with Crippen LogP contribution in [-0.4, -0.2) is 19.2 Å². The van der Waals surface area contributed by atoms with Gasteiger partial charge in [0.1, 0.15) is 5.75 Å². The van der Waals surface area contributed by atoms with Gasteiger partial charge in [-0.25, -0.2) is 0 Å². The molecule has 0 aliphatic heterocycles. The average molecular weight is 264 g/mol. The molecule has 0 fully saturated rings. The number of carbonyl (C=O) groups excluding carboxylic acids is 1. The first kappa shape index (κ1) is 15.5. The summed E-state index contributed by atoms with van der Waals surface area (Å²) < 4.78 is 10.8. The zero-order valence-corrected chi connectivity index (χ0v) is 12.1. The van der Waals surface area contributed by atoms with Gasteiger partial charge in [0.05, 0.1) is 19.6 Å². The second-order valence-electron chi connectivity index (χ2n) is 4.87. The molecule has 106 valence electrons. The van der Waals surface area contributed by atoms with E-state index in [1.165, 1.54) is 0 Å². The van der Waals surface area contributed by atoms with Crippen molar-refractivity contribution >= 4 is 5.97 Å². The summed E-state index contributed by atoms with van der Waals surface area (Å²) >= 11 is 0. The number of rotatable bonds is 8. The van der Waals surface area contributed by atoms with E-state index in [4.69, 9.17) is 9.47 Å². The molecule has 0 heterocycles. The van der Waals surface area contributed by atoms with E-state index in [0.29, 0.717) is 25.6 Å². The predicted octanol–water partition coefficient (Wildman–Crippen LogP) is 3.61. The lowest BCUT2D eigenvalue weighted by Gasteiger charge is -2.10. The fourth-order valence-electron chi connectivity index (χ4n) is 1.54. The lowest BCUT2D eigenvalue weighted by molar-refractivity contribution is -0.144. The Hall–Kier alpha value is -1.51. The molecule has 3 nitrogen and oxygen atoms in total. The number of carbonyl (C=O) groups is 1. The topological polar surface area (TPSA) is 35.5 Å². The van der Waals surface area contributed by atoms with Gasteiger partial charge in [0.15, 0.2) is 0 Å². The summed E-state index contributed by atoms with van der Waals surface area (Å²) in [6.45, 7) is 7.43. The predicted molar refractivity (Wildman–Crippen MR) is 76.3 cm³/mol. The maximum atomic E-state index is 11.7. The molecule has 19 heavy (non-hydrogen) atoms. The molecule has 1 aromatic carbocycles. The molecule has 1 unspecified atom stereocenters. The van der Waals surface area contributed by atoms with Crippen molar-refractivity contribution < 1.29 is 14.3 Å². The van der Waals surface area contributed by atoms with E-state index >= 15 is 0 Å². The Morgan fingerprint density at radius 1 is 1.32 bits per heavy atom. The second-order valence-corrected chi connectivity index (χ2v) is 4.87. The molecule has 0 amide bonds. The summed E-state index contributed by atoms with van der Waals surface area (Å²) in [4.78, 5) is 11.7. The minimum Gasteiger partial charge on any atom is -0.494 e. The van der Waals surface area contributed by atoms with Crippen molar-refractivity contribution in [1.29, 1.82) is 0 Å². The van der Waals surface area contributed by atoms with Gasteiger partial charge in [-0.05, 0) is 30.0 Å². The minimum absolute atomic E-state index is 0.173. The van der Waals surface area contributed by atoms with Crippen molar-refractivity contribution in [2.24, 2.45) is 5.92 Å². The van der Waals surface area contributed by atoms with Gasteiger partial charge >= 0.3 is 5.97 Å². The molecule has 0 aliphatic carbocycles. The van der Waals surface area contributed by atoms with Crippen LogP contribution >= 0.6 is 0 Å². The normalized spacial score (nSPS) is 11.9. The fourth-order valence-corrected chi connectivity index (χ4v) is 1.54. The summed E-state index contributed by atoms with van der Waals surface area (Å²) in [5.74, 6) is 1.06. The van der Waals surface area contributed by atoms with Crippen LogP contribution in [0.25, 0.3) is 0 Å². The van der Waals surface area contributed by atoms with Gasteiger partial charge in [-0.15, -0.1) is 0 Å². The molecule has 0 saturated heterocycles. The lowest BCUT2D eigenvalue weighted by Crippen LogP contribution is -2.13. The smallest absolute Gasteiger partial charge is 0.310 e. The molecule has 0 N–H and O–H groups in total.